The van der Waals surface area contributed by atoms with Crippen molar-refractivity contribution >= 4 is 5.97 Å². The molecule has 2 fully saturated rings. The van der Waals surface area contributed by atoms with Crippen LogP contribution in [0.2, 0.25) is 0 Å². The fourth-order valence-corrected chi connectivity index (χ4v) is 1.84. The molecule has 0 aromatic carbocycles. The first kappa shape index (κ1) is 8.51. The standard InChI is InChI=1S/C9H10O4/c1-2-5-3-9(12)4-6(7(5)10)13-8(9)11/h6-7,10,12H,1,3-4H2. The highest BCUT2D eigenvalue weighted by atomic mass is 16.6. The molecule has 4 nitrogen and oxygen atoms in total. The van der Waals surface area contributed by atoms with E-state index >= 15 is 0 Å². The lowest BCUT2D eigenvalue weighted by atomic mass is 9.81. The van der Waals surface area contributed by atoms with Crippen molar-refractivity contribution < 1.29 is 19.7 Å². The van der Waals surface area contributed by atoms with Crippen LogP contribution in [0.4, 0.5) is 0 Å². The van der Waals surface area contributed by atoms with Gasteiger partial charge in [-0.25, -0.2) is 4.79 Å². The van der Waals surface area contributed by atoms with Crippen LogP contribution in [0.15, 0.2) is 17.9 Å². The Hall–Kier alpha value is -1.09. The lowest BCUT2D eigenvalue weighted by Crippen LogP contribution is -2.41. The van der Waals surface area contributed by atoms with Gasteiger partial charge in [0.1, 0.15) is 12.2 Å². The van der Waals surface area contributed by atoms with Gasteiger partial charge >= 0.3 is 5.97 Å². The van der Waals surface area contributed by atoms with Crippen molar-refractivity contribution in [3.05, 3.63) is 17.9 Å². The number of carbonyl (C=O) groups excluding carboxylic acids is 1. The van der Waals surface area contributed by atoms with E-state index in [0.717, 1.165) is 0 Å². The minimum atomic E-state index is -1.45. The van der Waals surface area contributed by atoms with Gasteiger partial charge in [0.2, 0.25) is 0 Å². The number of rotatable bonds is 0. The van der Waals surface area contributed by atoms with Gasteiger partial charge in [0.05, 0.1) is 0 Å². The number of hydrogen-bond donors (Lipinski definition) is 2. The molecule has 1 heterocycles. The third-order valence-electron chi connectivity index (χ3n) is 2.60. The van der Waals surface area contributed by atoms with E-state index in [0.29, 0.717) is 5.57 Å². The highest BCUT2D eigenvalue weighted by molar-refractivity contribution is 5.83. The Morgan fingerprint density at radius 1 is 1.69 bits per heavy atom. The molecule has 1 saturated heterocycles. The number of fused-ring (bicyclic) bond motifs is 2. The largest absolute Gasteiger partial charge is 0.457 e. The molecule has 3 unspecified atom stereocenters. The first-order valence-electron chi connectivity index (χ1n) is 4.07. The number of aliphatic hydroxyl groups excluding tert-OH is 1. The summed E-state index contributed by atoms with van der Waals surface area (Å²) in [5.41, 5.74) is 1.52. The fraction of sp³-hybridized carbons (Fsp3) is 0.556. The lowest BCUT2D eigenvalue weighted by molar-refractivity contribution is -0.154. The molecule has 0 amide bonds. The molecule has 3 atom stereocenters. The highest BCUT2D eigenvalue weighted by Crippen LogP contribution is 2.40. The molecule has 0 spiro atoms. The summed E-state index contributed by atoms with van der Waals surface area (Å²) in [6, 6.07) is 0. The Morgan fingerprint density at radius 3 is 3.00 bits per heavy atom. The van der Waals surface area contributed by atoms with Gasteiger partial charge < -0.3 is 14.9 Å². The van der Waals surface area contributed by atoms with Crippen LogP contribution in [-0.2, 0) is 9.53 Å². The van der Waals surface area contributed by atoms with Crippen LogP contribution in [0.5, 0.6) is 0 Å². The van der Waals surface area contributed by atoms with Crippen molar-refractivity contribution in [1.29, 1.82) is 0 Å². The third kappa shape index (κ3) is 1.04. The normalized spacial score (nSPS) is 42.9. The summed E-state index contributed by atoms with van der Waals surface area (Å²) in [7, 11) is 0. The molecule has 2 N–H and O–H groups in total. The molecule has 13 heavy (non-hydrogen) atoms. The number of hydrogen-bond acceptors (Lipinski definition) is 4. The molecule has 70 valence electrons. The minimum Gasteiger partial charge on any atom is -0.457 e. The Balaban J connectivity index is 2.40. The molecular weight excluding hydrogens is 172 g/mol. The second-order valence-corrected chi connectivity index (χ2v) is 3.50. The smallest absolute Gasteiger partial charge is 0.339 e. The number of esters is 1. The van der Waals surface area contributed by atoms with Crippen LogP contribution in [0.1, 0.15) is 12.8 Å². The van der Waals surface area contributed by atoms with Crippen molar-refractivity contribution in [2.24, 2.45) is 0 Å². The van der Waals surface area contributed by atoms with E-state index in [1.807, 2.05) is 0 Å². The van der Waals surface area contributed by atoms with Gasteiger partial charge in [0, 0.05) is 18.4 Å². The average molecular weight is 182 g/mol. The zero-order chi connectivity index (χ0) is 9.64. The molecule has 4 heteroatoms. The number of aliphatic hydroxyl groups is 2. The van der Waals surface area contributed by atoms with Crippen molar-refractivity contribution in [3.63, 3.8) is 0 Å². The quantitative estimate of drug-likeness (QED) is 0.392. The van der Waals surface area contributed by atoms with Crippen LogP contribution in [0, 0.1) is 0 Å². The van der Waals surface area contributed by atoms with E-state index in [9.17, 15) is 15.0 Å². The van der Waals surface area contributed by atoms with Gasteiger partial charge in [0.15, 0.2) is 5.60 Å². The minimum absolute atomic E-state index is 0.0764. The molecule has 1 saturated carbocycles. The lowest BCUT2D eigenvalue weighted by Gasteiger charge is -2.27. The van der Waals surface area contributed by atoms with Crippen LogP contribution in [0.3, 0.4) is 0 Å². The van der Waals surface area contributed by atoms with E-state index in [1.54, 1.807) is 0 Å². The van der Waals surface area contributed by atoms with Crippen LogP contribution in [-0.4, -0.2) is 34.0 Å². The average Bonchev–Trinajstić information content (AvgIpc) is 2.34. The van der Waals surface area contributed by atoms with Crippen LogP contribution < -0.4 is 0 Å². The molecular formula is C9H10O4. The SMILES string of the molecule is C=C=C1CC2(O)CC(OC2=O)C1O. The summed E-state index contributed by atoms with van der Waals surface area (Å²) < 4.78 is 4.81. The Kier molecular flexibility index (Phi) is 1.60. The second kappa shape index (κ2) is 2.45. The maximum Gasteiger partial charge on any atom is 0.339 e. The zero-order valence-corrected chi connectivity index (χ0v) is 6.99. The topological polar surface area (TPSA) is 66.8 Å². The molecule has 2 rings (SSSR count). The molecule has 0 radical (unpaired) electrons. The van der Waals surface area contributed by atoms with E-state index in [-0.39, 0.29) is 12.8 Å². The fourth-order valence-electron chi connectivity index (χ4n) is 1.84. The zero-order valence-electron chi connectivity index (χ0n) is 6.99. The van der Waals surface area contributed by atoms with Gasteiger partial charge in [-0.15, -0.1) is 5.73 Å². The first-order valence-corrected chi connectivity index (χ1v) is 4.07. The van der Waals surface area contributed by atoms with E-state index < -0.39 is 23.8 Å². The van der Waals surface area contributed by atoms with Crippen molar-refractivity contribution in [3.8, 4) is 0 Å². The Labute approximate surface area is 75.1 Å². The Morgan fingerprint density at radius 2 is 2.38 bits per heavy atom. The summed E-state index contributed by atoms with van der Waals surface area (Å²) in [5.74, 6) is -0.651. The number of ether oxygens (including phenoxy) is 1. The molecule has 1 aliphatic heterocycles. The molecule has 1 aliphatic carbocycles. The van der Waals surface area contributed by atoms with E-state index in [2.05, 4.69) is 12.3 Å². The van der Waals surface area contributed by atoms with Crippen molar-refractivity contribution in [1.82, 2.24) is 0 Å². The van der Waals surface area contributed by atoms with Gasteiger partial charge in [0.25, 0.3) is 0 Å². The molecule has 0 aromatic heterocycles. The third-order valence-corrected chi connectivity index (χ3v) is 2.60. The highest BCUT2D eigenvalue weighted by Gasteiger charge is 2.55. The van der Waals surface area contributed by atoms with Gasteiger partial charge in [-0.1, -0.05) is 6.58 Å². The maximum absolute atomic E-state index is 11.1. The van der Waals surface area contributed by atoms with Gasteiger partial charge in [-0.3, -0.25) is 0 Å². The monoisotopic (exact) mass is 182 g/mol. The second-order valence-electron chi connectivity index (χ2n) is 3.50. The molecule has 2 bridgehead atoms. The summed E-state index contributed by atoms with van der Waals surface area (Å²) in [5, 5.41) is 19.3. The van der Waals surface area contributed by atoms with Gasteiger partial charge in [-0.2, -0.15) is 0 Å². The predicted molar refractivity (Wildman–Crippen MR) is 42.7 cm³/mol. The summed E-state index contributed by atoms with van der Waals surface area (Å²) in [6.07, 6.45) is -1.25. The first-order chi connectivity index (χ1) is 6.07. The van der Waals surface area contributed by atoms with Crippen LogP contribution >= 0.6 is 0 Å². The van der Waals surface area contributed by atoms with Gasteiger partial charge in [-0.05, 0) is 0 Å². The molecule has 0 aromatic rings. The summed E-state index contributed by atoms with van der Waals surface area (Å²) in [6.45, 7) is 3.39. The summed E-state index contributed by atoms with van der Waals surface area (Å²) >= 11 is 0. The Bertz CT molecular complexity index is 316. The van der Waals surface area contributed by atoms with Crippen molar-refractivity contribution in [2.75, 3.05) is 0 Å². The predicted octanol–water partition coefficient (Wildman–Crippen LogP) is -0.491. The van der Waals surface area contributed by atoms with Crippen LogP contribution in [0.25, 0.3) is 0 Å². The van der Waals surface area contributed by atoms with E-state index in [4.69, 9.17) is 4.74 Å². The van der Waals surface area contributed by atoms with E-state index in [1.165, 1.54) is 0 Å². The molecule has 2 aliphatic rings. The maximum atomic E-state index is 11.1. The van der Waals surface area contributed by atoms with Crippen molar-refractivity contribution in [2.45, 2.75) is 30.7 Å². The summed E-state index contributed by atoms with van der Waals surface area (Å²) in [4.78, 5) is 11.1. The number of carbonyl (C=O) groups is 1.